The molecule has 126 valence electrons. The van der Waals surface area contributed by atoms with E-state index in [2.05, 4.69) is 10.1 Å². The highest BCUT2D eigenvalue weighted by Crippen LogP contribution is 2.27. The number of ether oxygens (including phenoxy) is 2. The third-order valence-corrected chi connectivity index (χ3v) is 3.70. The van der Waals surface area contributed by atoms with Gasteiger partial charge in [-0.1, -0.05) is 42.5 Å². The number of hydrogen-bond acceptors (Lipinski definition) is 4. The number of esters is 1. The molecule has 0 spiro atoms. The van der Waals surface area contributed by atoms with Gasteiger partial charge in [0.1, 0.15) is 5.75 Å². The van der Waals surface area contributed by atoms with E-state index in [4.69, 9.17) is 4.74 Å². The number of carbonyl (C=O) groups excluding carboxylic acids is 2. The quantitative estimate of drug-likeness (QED) is 0.723. The van der Waals surface area contributed by atoms with Gasteiger partial charge in [-0.2, -0.15) is 0 Å². The molecule has 1 amide bonds. The Morgan fingerprint density at radius 3 is 2.24 bits per heavy atom. The van der Waals surface area contributed by atoms with Crippen molar-refractivity contribution in [2.24, 2.45) is 0 Å². The van der Waals surface area contributed by atoms with Crippen molar-refractivity contribution in [1.29, 1.82) is 0 Å². The van der Waals surface area contributed by atoms with Crippen LogP contribution in [0.25, 0.3) is 10.8 Å². The first-order chi connectivity index (χ1) is 12.2. The highest BCUT2D eigenvalue weighted by atomic mass is 16.6. The summed E-state index contributed by atoms with van der Waals surface area (Å²) in [4.78, 5) is 24.1. The lowest BCUT2D eigenvalue weighted by atomic mass is 10.1. The van der Waals surface area contributed by atoms with Crippen LogP contribution in [-0.2, 0) is 9.53 Å². The van der Waals surface area contributed by atoms with Crippen LogP contribution in [0.5, 0.6) is 5.75 Å². The van der Waals surface area contributed by atoms with Crippen LogP contribution in [0.2, 0.25) is 0 Å². The molecule has 0 fully saturated rings. The number of fused-ring (bicyclic) bond motifs is 1. The number of para-hydroxylation sites is 1. The largest absolute Gasteiger partial charge is 0.481 e. The van der Waals surface area contributed by atoms with Crippen molar-refractivity contribution in [3.05, 3.63) is 72.3 Å². The zero-order chi connectivity index (χ0) is 17.6. The summed E-state index contributed by atoms with van der Waals surface area (Å²) in [5, 5.41) is 4.65. The normalized spacial score (nSPS) is 10.3. The molecule has 1 N–H and O–H groups in total. The number of nitrogens with one attached hydrogen (secondary N) is 1. The van der Waals surface area contributed by atoms with Gasteiger partial charge in [-0.05, 0) is 35.0 Å². The van der Waals surface area contributed by atoms with Gasteiger partial charge in [0.15, 0.2) is 6.61 Å². The Bertz CT molecular complexity index is 906. The molecule has 25 heavy (non-hydrogen) atoms. The fourth-order valence-corrected chi connectivity index (χ4v) is 2.43. The Kier molecular flexibility index (Phi) is 4.95. The summed E-state index contributed by atoms with van der Waals surface area (Å²) in [6.07, 6.45) is 0. The molecule has 0 bridgehead atoms. The average molecular weight is 335 g/mol. The van der Waals surface area contributed by atoms with Crippen LogP contribution in [0.4, 0.5) is 5.69 Å². The Morgan fingerprint density at radius 2 is 1.56 bits per heavy atom. The molecule has 5 nitrogen and oxygen atoms in total. The zero-order valence-electron chi connectivity index (χ0n) is 13.7. The first kappa shape index (κ1) is 16.5. The Morgan fingerprint density at radius 1 is 0.920 bits per heavy atom. The predicted octanol–water partition coefficient (Wildman–Crippen LogP) is 3.64. The molecular formula is C20H17NO4. The maximum absolute atomic E-state index is 12.7. The van der Waals surface area contributed by atoms with Gasteiger partial charge in [0.2, 0.25) is 0 Å². The number of rotatable bonds is 5. The fourth-order valence-electron chi connectivity index (χ4n) is 2.43. The molecule has 0 saturated heterocycles. The van der Waals surface area contributed by atoms with E-state index in [9.17, 15) is 9.59 Å². The van der Waals surface area contributed by atoms with E-state index >= 15 is 0 Å². The van der Waals surface area contributed by atoms with Gasteiger partial charge in [0, 0.05) is 5.69 Å². The van der Waals surface area contributed by atoms with E-state index in [1.807, 2.05) is 42.5 Å². The molecule has 3 aromatic carbocycles. The molecular weight excluding hydrogens is 318 g/mol. The van der Waals surface area contributed by atoms with E-state index in [1.54, 1.807) is 24.3 Å². The fraction of sp³-hybridized carbons (Fsp3) is 0.100. The average Bonchev–Trinajstić information content (AvgIpc) is 2.66. The summed E-state index contributed by atoms with van der Waals surface area (Å²) in [7, 11) is 1.29. The van der Waals surface area contributed by atoms with Crippen molar-refractivity contribution in [2.45, 2.75) is 0 Å². The summed E-state index contributed by atoms with van der Waals surface area (Å²) < 4.78 is 10.1. The zero-order valence-corrected chi connectivity index (χ0v) is 13.7. The summed E-state index contributed by atoms with van der Waals surface area (Å²) in [6.45, 7) is -0.263. The SMILES string of the molecule is COC(=O)COc1cc2ccccc2cc1C(=O)Nc1ccccc1. The second kappa shape index (κ2) is 7.49. The van der Waals surface area contributed by atoms with Crippen molar-refractivity contribution in [2.75, 3.05) is 19.0 Å². The molecule has 5 heteroatoms. The third kappa shape index (κ3) is 3.95. The number of carbonyl (C=O) groups is 2. The number of benzene rings is 3. The Labute approximate surface area is 145 Å². The summed E-state index contributed by atoms with van der Waals surface area (Å²) >= 11 is 0. The van der Waals surface area contributed by atoms with Crippen LogP contribution in [0.3, 0.4) is 0 Å². The van der Waals surface area contributed by atoms with E-state index < -0.39 is 5.97 Å². The molecule has 0 atom stereocenters. The minimum atomic E-state index is -0.512. The maximum atomic E-state index is 12.7. The van der Waals surface area contributed by atoms with Crippen LogP contribution in [0.15, 0.2) is 66.7 Å². The van der Waals surface area contributed by atoms with Crippen LogP contribution < -0.4 is 10.1 Å². The van der Waals surface area contributed by atoms with Gasteiger partial charge < -0.3 is 14.8 Å². The topological polar surface area (TPSA) is 64.6 Å². The van der Waals surface area contributed by atoms with Crippen LogP contribution in [-0.4, -0.2) is 25.6 Å². The molecule has 0 radical (unpaired) electrons. The Balaban J connectivity index is 1.95. The van der Waals surface area contributed by atoms with Crippen molar-refractivity contribution in [1.82, 2.24) is 0 Å². The molecule has 3 rings (SSSR count). The first-order valence-corrected chi connectivity index (χ1v) is 7.76. The lowest BCUT2D eigenvalue weighted by Gasteiger charge is -2.13. The monoisotopic (exact) mass is 335 g/mol. The van der Waals surface area contributed by atoms with E-state index in [-0.39, 0.29) is 12.5 Å². The lowest BCUT2D eigenvalue weighted by Crippen LogP contribution is -2.17. The van der Waals surface area contributed by atoms with Gasteiger partial charge >= 0.3 is 5.97 Å². The van der Waals surface area contributed by atoms with Crippen LogP contribution in [0.1, 0.15) is 10.4 Å². The lowest BCUT2D eigenvalue weighted by molar-refractivity contribution is -0.142. The van der Waals surface area contributed by atoms with Crippen LogP contribution >= 0.6 is 0 Å². The standard InChI is InChI=1S/C20H17NO4/c1-24-19(22)13-25-18-12-15-8-6-5-7-14(15)11-17(18)20(23)21-16-9-3-2-4-10-16/h2-12H,13H2,1H3,(H,21,23). The molecule has 0 aromatic heterocycles. The first-order valence-electron chi connectivity index (χ1n) is 7.76. The third-order valence-electron chi connectivity index (χ3n) is 3.70. The van der Waals surface area contributed by atoms with Gasteiger partial charge in [0.05, 0.1) is 12.7 Å². The van der Waals surface area contributed by atoms with E-state index in [0.717, 1.165) is 10.8 Å². The van der Waals surface area contributed by atoms with E-state index in [0.29, 0.717) is 17.0 Å². The molecule has 0 saturated carbocycles. The highest BCUT2D eigenvalue weighted by Gasteiger charge is 2.16. The molecule has 0 aliphatic rings. The van der Waals surface area contributed by atoms with Gasteiger partial charge in [-0.15, -0.1) is 0 Å². The summed E-state index contributed by atoms with van der Waals surface area (Å²) in [5.74, 6) is -0.489. The van der Waals surface area contributed by atoms with Crippen molar-refractivity contribution in [3.8, 4) is 5.75 Å². The second-order valence-corrected chi connectivity index (χ2v) is 5.38. The number of anilines is 1. The molecule has 0 heterocycles. The number of amides is 1. The minimum absolute atomic E-state index is 0.263. The Hall–Kier alpha value is -3.34. The van der Waals surface area contributed by atoms with Gasteiger partial charge in [0.25, 0.3) is 5.91 Å². The predicted molar refractivity (Wildman–Crippen MR) is 95.9 cm³/mol. The highest BCUT2D eigenvalue weighted by molar-refractivity contribution is 6.08. The summed E-state index contributed by atoms with van der Waals surface area (Å²) in [5.41, 5.74) is 1.03. The van der Waals surface area contributed by atoms with E-state index in [1.165, 1.54) is 7.11 Å². The minimum Gasteiger partial charge on any atom is -0.481 e. The van der Waals surface area contributed by atoms with Crippen molar-refractivity contribution < 1.29 is 19.1 Å². The maximum Gasteiger partial charge on any atom is 0.343 e. The van der Waals surface area contributed by atoms with Crippen molar-refractivity contribution >= 4 is 28.3 Å². The summed E-state index contributed by atoms with van der Waals surface area (Å²) in [6, 6.07) is 20.3. The second-order valence-electron chi connectivity index (χ2n) is 5.38. The molecule has 0 aliphatic carbocycles. The number of hydrogen-bond donors (Lipinski definition) is 1. The molecule has 0 aliphatic heterocycles. The van der Waals surface area contributed by atoms with Gasteiger partial charge in [-0.25, -0.2) is 4.79 Å². The molecule has 3 aromatic rings. The smallest absolute Gasteiger partial charge is 0.343 e. The molecule has 0 unspecified atom stereocenters. The van der Waals surface area contributed by atoms with Gasteiger partial charge in [-0.3, -0.25) is 4.79 Å². The van der Waals surface area contributed by atoms with Crippen molar-refractivity contribution in [3.63, 3.8) is 0 Å². The van der Waals surface area contributed by atoms with Crippen LogP contribution in [0, 0.1) is 0 Å². The number of methoxy groups -OCH3 is 1.